The number of hydrogen-bond acceptors (Lipinski definition) is 3. The van der Waals surface area contributed by atoms with E-state index in [-0.39, 0.29) is 5.69 Å². The number of hydrogen-bond donors (Lipinski definition) is 2. The first-order valence-corrected chi connectivity index (χ1v) is 5.78. The van der Waals surface area contributed by atoms with Crippen molar-refractivity contribution < 1.29 is 4.79 Å². The topological polar surface area (TPSA) is 72.9 Å². The van der Waals surface area contributed by atoms with Gasteiger partial charge in [-0.25, -0.2) is 4.68 Å². The molecule has 1 aromatic carbocycles. The molecule has 1 heterocycles. The molecular weight excluding hydrogens is 252 g/mol. The van der Waals surface area contributed by atoms with Crippen molar-refractivity contribution >= 4 is 17.5 Å². The second kappa shape index (κ2) is 5.20. The Balaban J connectivity index is 2.47. The monoisotopic (exact) mass is 264 g/mol. The molecule has 0 saturated carbocycles. The average Bonchev–Trinajstić information content (AvgIpc) is 2.81. The van der Waals surface area contributed by atoms with Crippen molar-refractivity contribution in [3.8, 4) is 5.69 Å². The molecule has 0 aliphatic carbocycles. The van der Waals surface area contributed by atoms with Crippen LogP contribution in [0.1, 0.15) is 16.1 Å². The normalized spacial score (nSPS) is 10.6. The molecule has 0 saturated heterocycles. The third-order valence-corrected chi connectivity index (χ3v) is 2.74. The van der Waals surface area contributed by atoms with Crippen LogP contribution in [-0.4, -0.2) is 22.7 Å². The summed E-state index contributed by atoms with van der Waals surface area (Å²) in [5.74, 6) is -0.550. The van der Waals surface area contributed by atoms with Crippen molar-refractivity contribution in [3.05, 3.63) is 46.7 Å². The number of halogens is 1. The fourth-order valence-electron chi connectivity index (χ4n) is 1.68. The number of rotatable bonds is 4. The number of nitrogens with two attached hydrogens (primary N) is 1. The molecular formula is C12H13ClN4O. The Labute approximate surface area is 110 Å². The molecule has 0 aliphatic heterocycles. The molecule has 1 amide bonds. The van der Waals surface area contributed by atoms with Crippen LogP contribution in [0, 0.1) is 0 Å². The van der Waals surface area contributed by atoms with Gasteiger partial charge in [0.05, 0.1) is 5.69 Å². The molecule has 18 heavy (non-hydrogen) atoms. The summed E-state index contributed by atoms with van der Waals surface area (Å²) in [6.07, 6.45) is 1.69. The van der Waals surface area contributed by atoms with Gasteiger partial charge < -0.3 is 11.1 Å². The quantitative estimate of drug-likeness (QED) is 0.875. The molecule has 0 aliphatic rings. The Morgan fingerprint density at radius 3 is 2.89 bits per heavy atom. The van der Waals surface area contributed by atoms with E-state index in [2.05, 4.69) is 10.4 Å². The average molecular weight is 265 g/mol. The number of aromatic nitrogens is 2. The predicted octanol–water partition coefficient (Wildman–Crippen LogP) is 1.34. The highest BCUT2D eigenvalue weighted by atomic mass is 35.5. The van der Waals surface area contributed by atoms with Gasteiger partial charge in [0.15, 0.2) is 0 Å². The molecule has 2 aromatic rings. The molecule has 0 radical (unpaired) electrons. The van der Waals surface area contributed by atoms with Crippen molar-refractivity contribution in [2.45, 2.75) is 6.54 Å². The van der Waals surface area contributed by atoms with Gasteiger partial charge in [-0.05, 0) is 30.8 Å². The molecule has 2 rings (SSSR count). The van der Waals surface area contributed by atoms with Gasteiger partial charge >= 0.3 is 0 Å². The minimum atomic E-state index is -0.550. The van der Waals surface area contributed by atoms with Crippen LogP contribution in [-0.2, 0) is 6.54 Å². The van der Waals surface area contributed by atoms with Crippen molar-refractivity contribution in [2.24, 2.45) is 5.73 Å². The maximum atomic E-state index is 11.0. The second-order valence-electron chi connectivity index (χ2n) is 3.81. The van der Waals surface area contributed by atoms with Gasteiger partial charge in [-0.3, -0.25) is 4.79 Å². The molecule has 0 bridgehead atoms. The summed E-state index contributed by atoms with van der Waals surface area (Å²) < 4.78 is 1.60. The molecule has 0 atom stereocenters. The first kappa shape index (κ1) is 12.6. The van der Waals surface area contributed by atoms with E-state index < -0.39 is 5.91 Å². The van der Waals surface area contributed by atoms with Gasteiger partial charge in [0, 0.05) is 17.8 Å². The maximum Gasteiger partial charge on any atom is 0.269 e. The lowest BCUT2D eigenvalue weighted by molar-refractivity contribution is 0.0995. The zero-order valence-electron chi connectivity index (χ0n) is 9.85. The molecule has 94 valence electrons. The Kier molecular flexibility index (Phi) is 3.64. The number of nitrogens with one attached hydrogen (secondary N) is 1. The number of carbonyl (C=O) groups is 1. The van der Waals surface area contributed by atoms with Crippen LogP contribution in [0.5, 0.6) is 0 Å². The standard InChI is InChI=1S/C12H13ClN4O/c1-15-7-8-2-3-9(13)6-11(8)17-5-4-10(16-17)12(14)18/h2-6,15H,7H2,1H3,(H2,14,18). The summed E-state index contributed by atoms with van der Waals surface area (Å²) in [4.78, 5) is 11.0. The fourth-order valence-corrected chi connectivity index (χ4v) is 1.85. The Morgan fingerprint density at radius 2 is 2.28 bits per heavy atom. The summed E-state index contributed by atoms with van der Waals surface area (Å²) in [7, 11) is 1.86. The lowest BCUT2D eigenvalue weighted by atomic mass is 10.2. The minimum absolute atomic E-state index is 0.227. The van der Waals surface area contributed by atoms with E-state index in [0.29, 0.717) is 11.6 Å². The predicted molar refractivity (Wildman–Crippen MR) is 69.9 cm³/mol. The minimum Gasteiger partial charge on any atom is -0.364 e. The first-order chi connectivity index (χ1) is 8.61. The molecule has 1 aromatic heterocycles. The SMILES string of the molecule is CNCc1ccc(Cl)cc1-n1ccc(C(N)=O)n1. The van der Waals surface area contributed by atoms with Crippen molar-refractivity contribution in [2.75, 3.05) is 7.05 Å². The molecule has 0 unspecified atom stereocenters. The van der Waals surface area contributed by atoms with Crippen molar-refractivity contribution in [3.63, 3.8) is 0 Å². The first-order valence-electron chi connectivity index (χ1n) is 5.40. The van der Waals surface area contributed by atoms with Gasteiger partial charge in [0.2, 0.25) is 0 Å². The van der Waals surface area contributed by atoms with Crippen molar-refractivity contribution in [1.82, 2.24) is 15.1 Å². The van der Waals surface area contributed by atoms with E-state index in [9.17, 15) is 4.79 Å². The van der Waals surface area contributed by atoms with E-state index in [1.54, 1.807) is 23.0 Å². The van der Waals surface area contributed by atoms with E-state index >= 15 is 0 Å². The van der Waals surface area contributed by atoms with E-state index in [4.69, 9.17) is 17.3 Å². The number of nitrogens with zero attached hydrogens (tertiary/aromatic N) is 2. The van der Waals surface area contributed by atoms with Crippen LogP contribution in [0.25, 0.3) is 5.69 Å². The van der Waals surface area contributed by atoms with Crippen LogP contribution in [0.3, 0.4) is 0 Å². The molecule has 3 N–H and O–H groups in total. The summed E-state index contributed by atoms with van der Waals surface area (Å²) >= 11 is 5.98. The Hall–Kier alpha value is -1.85. The largest absolute Gasteiger partial charge is 0.364 e. The third kappa shape index (κ3) is 2.52. The number of amides is 1. The molecule has 6 heteroatoms. The van der Waals surface area contributed by atoms with Gasteiger partial charge in [0.1, 0.15) is 5.69 Å². The lowest BCUT2D eigenvalue weighted by Crippen LogP contribution is -2.13. The van der Waals surface area contributed by atoms with Crippen LogP contribution in [0.15, 0.2) is 30.5 Å². The highest BCUT2D eigenvalue weighted by Gasteiger charge is 2.09. The number of primary amides is 1. The maximum absolute atomic E-state index is 11.0. The smallest absolute Gasteiger partial charge is 0.269 e. The van der Waals surface area contributed by atoms with E-state index in [1.807, 2.05) is 19.2 Å². The van der Waals surface area contributed by atoms with E-state index in [0.717, 1.165) is 11.3 Å². The van der Waals surface area contributed by atoms with Crippen LogP contribution < -0.4 is 11.1 Å². The van der Waals surface area contributed by atoms with Gasteiger partial charge in [-0.15, -0.1) is 0 Å². The zero-order valence-corrected chi connectivity index (χ0v) is 10.6. The number of carbonyl (C=O) groups excluding carboxylic acids is 1. The van der Waals surface area contributed by atoms with Crippen LogP contribution >= 0.6 is 11.6 Å². The molecule has 5 nitrogen and oxygen atoms in total. The van der Waals surface area contributed by atoms with Gasteiger partial charge in [-0.1, -0.05) is 17.7 Å². The highest BCUT2D eigenvalue weighted by molar-refractivity contribution is 6.30. The zero-order chi connectivity index (χ0) is 13.1. The van der Waals surface area contributed by atoms with Crippen molar-refractivity contribution in [1.29, 1.82) is 0 Å². The molecule has 0 fully saturated rings. The number of benzene rings is 1. The van der Waals surface area contributed by atoms with Gasteiger partial charge in [0.25, 0.3) is 5.91 Å². The Morgan fingerprint density at radius 1 is 1.50 bits per heavy atom. The molecule has 0 spiro atoms. The lowest BCUT2D eigenvalue weighted by Gasteiger charge is -2.09. The highest BCUT2D eigenvalue weighted by Crippen LogP contribution is 2.19. The summed E-state index contributed by atoms with van der Waals surface area (Å²) in [6, 6.07) is 7.11. The van der Waals surface area contributed by atoms with Crippen LogP contribution in [0.4, 0.5) is 0 Å². The van der Waals surface area contributed by atoms with E-state index in [1.165, 1.54) is 0 Å². The third-order valence-electron chi connectivity index (χ3n) is 2.50. The van der Waals surface area contributed by atoms with Gasteiger partial charge in [-0.2, -0.15) is 5.10 Å². The second-order valence-corrected chi connectivity index (χ2v) is 4.25. The summed E-state index contributed by atoms with van der Waals surface area (Å²) in [6.45, 7) is 0.679. The summed E-state index contributed by atoms with van der Waals surface area (Å²) in [5.41, 5.74) is 7.26. The summed E-state index contributed by atoms with van der Waals surface area (Å²) in [5, 5.41) is 7.80. The Bertz CT molecular complexity index is 579. The fraction of sp³-hybridized carbons (Fsp3) is 0.167. The van der Waals surface area contributed by atoms with Crippen LogP contribution in [0.2, 0.25) is 5.02 Å².